The second-order valence-electron chi connectivity index (χ2n) is 6.90. The van der Waals surface area contributed by atoms with Crippen molar-refractivity contribution < 1.29 is 14.5 Å². The zero-order valence-electron chi connectivity index (χ0n) is 15.4. The van der Waals surface area contributed by atoms with Crippen LogP contribution in [0.25, 0.3) is 6.08 Å². The molecule has 142 valence electrons. The fourth-order valence-corrected chi connectivity index (χ4v) is 3.39. The second kappa shape index (κ2) is 7.26. The van der Waals surface area contributed by atoms with E-state index in [1.54, 1.807) is 12.1 Å². The average molecular weight is 377 g/mol. The monoisotopic (exact) mass is 377 g/mol. The van der Waals surface area contributed by atoms with E-state index in [-0.39, 0.29) is 22.2 Å². The van der Waals surface area contributed by atoms with Gasteiger partial charge in [0.2, 0.25) is 5.90 Å². The lowest BCUT2D eigenvalue weighted by Gasteiger charge is -2.17. The van der Waals surface area contributed by atoms with E-state index in [1.807, 2.05) is 36.1 Å². The molecular weight excluding hydrogens is 358 g/mol. The third-order valence-corrected chi connectivity index (χ3v) is 4.87. The number of nitro benzene ring substituents is 1. The van der Waals surface area contributed by atoms with E-state index in [9.17, 15) is 14.9 Å². The van der Waals surface area contributed by atoms with Gasteiger partial charge in [0.05, 0.1) is 4.92 Å². The highest BCUT2D eigenvalue weighted by Gasteiger charge is 2.26. The third kappa shape index (κ3) is 3.51. The maximum Gasteiger partial charge on any atom is 0.363 e. The van der Waals surface area contributed by atoms with Crippen LogP contribution in [0.15, 0.2) is 53.2 Å². The third-order valence-electron chi connectivity index (χ3n) is 4.87. The minimum absolute atomic E-state index is 0.0327. The molecule has 0 aromatic heterocycles. The summed E-state index contributed by atoms with van der Waals surface area (Å²) in [6, 6.07) is 12.5. The summed E-state index contributed by atoms with van der Waals surface area (Å²) < 4.78 is 5.26. The molecular formula is C21H19N3O4. The fourth-order valence-electron chi connectivity index (χ4n) is 3.39. The highest BCUT2D eigenvalue weighted by molar-refractivity contribution is 6.12. The molecule has 0 spiro atoms. The molecule has 0 unspecified atom stereocenters. The minimum atomic E-state index is -0.568. The molecule has 0 amide bonds. The Labute approximate surface area is 162 Å². The standard InChI is InChI=1S/C21H19N3O4/c1-14-4-7-16(8-5-14)20-22-17(21(25)28-20)12-15-6-9-18(19(13-15)24(26)27)23-10-2-3-11-23/h4-9,12-13H,2-3,10-11H2,1H3/b17-12+. The number of benzene rings is 2. The zero-order valence-corrected chi connectivity index (χ0v) is 15.4. The van der Waals surface area contributed by atoms with Crippen molar-refractivity contribution in [2.75, 3.05) is 18.0 Å². The van der Waals surface area contributed by atoms with Gasteiger partial charge >= 0.3 is 5.97 Å². The van der Waals surface area contributed by atoms with Crippen molar-refractivity contribution in [3.63, 3.8) is 0 Å². The molecule has 2 heterocycles. The summed E-state index contributed by atoms with van der Waals surface area (Å²) >= 11 is 0. The maximum absolute atomic E-state index is 12.2. The number of anilines is 1. The van der Waals surface area contributed by atoms with E-state index in [4.69, 9.17) is 4.74 Å². The van der Waals surface area contributed by atoms with Crippen LogP contribution in [-0.2, 0) is 9.53 Å². The Morgan fingerprint density at radius 1 is 1.14 bits per heavy atom. The van der Waals surface area contributed by atoms with Crippen molar-refractivity contribution >= 4 is 29.3 Å². The van der Waals surface area contributed by atoms with Crippen molar-refractivity contribution in [3.05, 3.63) is 75.0 Å². The van der Waals surface area contributed by atoms with Crippen molar-refractivity contribution in [2.45, 2.75) is 19.8 Å². The number of aryl methyl sites for hydroxylation is 1. The Morgan fingerprint density at radius 2 is 1.86 bits per heavy atom. The smallest absolute Gasteiger partial charge is 0.363 e. The molecule has 7 nitrogen and oxygen atoms in total. The number of nitro groups is 1. The summed E-state index contributed by atoms with van der Waals surface area (Å²) in [7, 11) is 0. The van der Waals surface area contributed by atoms with Crippen LogP contribution >= 0.6 is 0 Å². The van der Waals surface area contributed by atoms with Crippen LogP contribution in [0.1, 0.15) is 29.5 Å². The topological polar surface area (TPSA) is 85.0 Å². The van der Waals surface area contributed by atoms with Crippen molar-refractivity contribution in [1.29, 1.82) is 0 Å². The number of hydrogen-bond donors (Lipinski definition) is 0. The molecule has 7 heteroatoms. The Balaban J connectivity index is 1.66. The molecule has 2 aliphatic rings. The highest BCUT2D eigenvalue weighted by atomic mass is 16.6. The minimum Gasteiger partial charge on any atom is -0.402 e. The number of carbonyl (C=O) groups excluding carboxylic acids is 1. The molecule has 0 aliphatic carbocycles. The van der Waals surface area contributed by atoms with Gasteiger partial charge in [-0.05, 0) is 49.6 Å². The Bertz CT molecular complexity index is 1000. The van der Waals surface area contributed by atoms with Gasteiger partial charge in [0, 0.05) is 24.7 Å². The predicted octanol–water partition coefficient (Wildman–Crippen LogP) is 3.85. The largest absolute Gasteiger partial charge is 0.402 e. The normalized spacial score (nSPS) is 17.8. The second-order valence-corrected chi connectivity index (χ2v) is 6.90. The zero-order chi connectivity index (χ0) is 19.7. The molecule has 2 aromatic rings. The number of cyclic esters (lactones) is 1. The van der Waals surface area contributed by atoms with Gasteiger partial charge in [0.1, 0.15) is 5.69 Å². The molecule has 0 bridgehead atoms. The van der Waals surface area contributed by atoms with Gasteiger partial charge in [0.25, 0.3) is 5.69 Å². The van der Waals surface area contributed by atoms with E-state index in [2.05, 4.69) is 4.99 Å². The SMILES string of the molecule is Cc1ccc(C2=N/C(=C/c3ccc(N4CCCC4)c([N+](=O)[O-])c3)C(=O)O2)cc1. The van der Waals surface area contributed by atoms with Crippen LogP contribution in [0, 0.1) is 17.0 Å². The molecule has 1 saturated heterocycles. The van der Waals surface area contributed by atoms with Gasteiger partial charge in [-0.1, -0.05) is 23.8 Å². The molecule has 0 saturated carbocycles. The molecule has 0 atom stereocenters. The summed E-state index contributed by atoms with van der Waals surface area (Å²) in [5, 5.41) is 11.5. The van der Waals surface area contributed by atoms with E-state index in [1.165, 1.54) is 12.1 Å². The summed E-state index contributed by atoms with van der Waals surface area (Å²) in [5.74, 6) is -0.332. The number of esters is 1. The van der Waals surface area contributed by atoms with Crippen LogP contribution in [0.3, 0.4) is 0 Å². The summed E-state index contributed by atoms with van der Waals surface area (Å²) in [4.78, 5) is 29.6. The lowest BCUT2D eigenvalue weighted by Crippen LogP contribution is -2.18. The Kier molecular flexibility index (Phi) is 4.65. The number of ether oxygens (including phenoxy) is 1. The maximum atomic E-state index is 12.2. The lowest BCUT2D eigenvalue weighted by molar-refractivity contribution is -0.384. The van der Waals surface area contributed by atoms with E-state index in [0.29, 0.717) is 16.8 Å². The molecule has 2 aliphatic heterocycles. The summed E-state index contributed by atoms with van der Waals surface area (Å²) in [6.45, 7) is 3.60. The Morgan fingerprint density at radius 3 is 2.54 bits per heavy atom. The van der Waals surface area contributed by atoms with Gasteiger partial charge in [-0.3, -0.25) is 10.1 Å². The first-order chi connectivity index (χ1) is 13.5. The van der Waals surface area contributed by atoms with E-state index in [0.717, 1.165) is 31.5 Å². The summed E-state index contributed by atoms with van der Waals surface area (Å²) in [6.07, 6.45) is 3.58. The first-order valence-corrected chi connectivity index (χ1v) is 9.14. The number of rotatable bonds is 4. The number of hydrogen-bond acceptors (Lipinski definition) is 6. The fraction of sp³-hybridized carbons (Fsp3) is 0.238. The molecule has 0 radical (unpaired) electrons. The number of aliphatic imine (C=N–C) groups is 1. The molecule has 28 heavy (non-hydrogen) atoms. The van der Waals surface area contributed by atoms with Crippen LogP contribution in [0.2, 0.25) is 0 Å². The molecule has 4 rings (SSSR count). The van der Waals surface area contributed by atoms with Crippen LogP contribution < -0.4 is 4.90 Å². The van der Waals surface area contributed by atoms with Crippen molar-refractivity contribution in [1.82, 2.24) is 0 Å². The van der Waals surface area contributed by atoms with Crippen LogP contribution in [-0.4, -0.2) is 29.9 Å². The van der Waals surface area contributed by atoms with Gasteiger partial charge in [0.15, 0.2) is 5.70 Å². The highest BCUT2D eigenvalue weighted by Crippen LogP contribution is 2.32. The quantitative estimate of drug-likeness (QED) is 0.350. The first kappa shape index (κ1) is 17.9. The number of carbonyl (C=O) groups is 1. The van der Waals surface area contributed by atoms with E-state index < -0.39 is 5.97 Å². The van der Waals surface area contributed by atoms with Gasteiger partial charge < -0.3 is 9.64 Å². The van der Waals surface area contributed by atoms with Gasteiger partial charge in [-0.15, -0.1) is 0 Å². The Hall–Kier alpha value is -3.48. The summed E-state index contributed by atoms with van der Waals surface area (Å²) in [5.41, 5.74) is 3.11. The molecule has 2 aromatic carbocycles. The average Bonchev–Trinajstić information content (AvgIpc) is 3.33. The van der Waals surface area contributed by atoms with E-state index >= 15 is 0 Å². The van der Waals surface area contributed by atoms with Crippen molar-refractivity contribution in [2.24, 2.45) is 4.99 Å². The van der Waals surface area contributed by atoms with Gasteiger partial charge in [-0.2, -0.15) is 0 Å². The predicted molar refractivity (Wildman–Crippen MR) is 106 cm³/mol. The molecule has 1 fully saturated rings. The van der Waals surface area contributed by atoms with Crippen molar-refractivity contribution in [3.8, 4) is 0 Å². The van der Waals surface area contributed by atoms with Crippen LogP contribution in [0.5, 0.6) is 0 Å². The van der Waals surface area contributed by atoms with Crippen LogP contribution in [0.4, 0.5) is 11.4 Å². The molecule has 0 N–H and O–H groups in total. The van der Waals surface area contributed by atoms with Gasteiger partial charge in [-0.25, -0.2) is 9.79 Å². The lowest BCUT2D eigenvalue weighted by atomic mass is 10.1. The number of nitrogens with zero attached hydrogens (tertiary/aromatic N) is 3. The first-order valence-electron chi connectivity index (χ1n) is 9.14.